The Balaban J connectivity index is 1.53. The molecule has 5 heteroatoms. The number of morpholine rings is 1. The molecule has 3 atom stereocenters. The first-order chi connectivity index (χ1) is 17.5. The van der Waals surface area contributed by atoms with Gasteiger partial charge in [-0.15, -0.1) is 0 Å². The minimum Gasteiger partial charge on any atom is -0.457 e. The van der Waals surface area contributed by atoms with Crippen molar-refractivity contribution >= 4 is 16.8 Å². The number of hydrogen-bond donors (Lipinski definition) is 0. The summed E-state index contributed by atoms with van der Waals surface area (Å²) in [7, 11) is 0. The van der Waals surface area contributed by atoms with Crippen LogP contribution in [0.5, 0.6) is 11.5 Å². The van der Waals surface area contributed by atoms with Crippen LogP contribution in [0.25, 0.3) is 10.9 Å². The number of nitrogens with zero attached hydrogens (tertiary/aromatic N) is 2. The van der Waals surface area contributed by atoms with Crippen LogP contribution in [0.4, 0.5) is 0 Å². The fraction of sp³-hybridized carbons (Fsp3) is 0.323. The molecule has 4 aromatic rings. The fourth-order valence-electron chi connectivity index (χ4n) is 5.33. The van der Waals surface area contributed by atoms with Crippen LogP contribution in [0, 0.1) is 0 Å². The van der Waals surface area contributed by atoms with Gasteiger partial charge >= 0.3 is 0 Å². The highest BCUT2D eigenvalue weighted by Gasteiger charge is 2.30. The topological polar surface area (TPSA) is 43.7 Å². The number of rotatable bonds is 7. The Morgan fingerprint density at radius 2 is 1.64 bits per heavy atom. The molecule has 5 nitrogen and oxygen atoms in total. The molecule has 3 unspecified atom stereocenters. The first-order valence-electron chi connectivity index (χ1n) is 12.9. The van der Waals surface area contributed by atoms with E-state index in [4.69, 9.17) is 9.47 Å². The minimum atomic E-state index is -0.0945. The second kappa shape index (κ2) is 10.6. The van der Waals surface area contributed by atoms with Gasteiger partial charge in [-0.1, -0.05) is 48.5 Å². The lowest BCUT2D eigenvalue weighted by molar-refractivity contribution is -0.143. The van der Waals surface area contributed by atoms with Crippen LogP contribution in [-0.2, 0) is 16.1 Å². The molecule has 0 aliphatic carbocycles. The zero-order chi connectivity index (χ0) is 25.1. The average Bonchev–Trinajstić information content (AvgIpc) is 3.26. The summed E-state index contributed by atoms with van der Waals surface area (Å²) < 4.78 is 14.3. The molecule has 0 spiro atoms. The van der Waals surface area contributed by atoms with Crippen LogP contribution < -0.4 is 4.74 Å². The normalized spacial score (nSPS) is 18.8. The minimum absolute atomic E-state index is 0.0424. The van der Waals surface area contributed by atoms with E-state index in [0.29, 0.717) is 19.5 Å². The molecule has 5 rings (SSSR count). The second-order valence-electron chi connectivity index (χ2n) is 9.69. The molecular weight excluding hydrogens is 448 g/mol. The third-order valence-corrected chi connectivity index (χ3v) is 6.93. The van der Waals surface area contributed by atoms with Crippen molar-refractivity contribution in [2.45, 2.75) is 51.9 Å². The number of aryl methyl sites for hydroxylation is 1. The van der Waals surface area contributed by atoms with Gasteiger partial charge in [-0.25, -0.2) is 0 Å². The molecule has 0 N–H and O–H groups in total. The summed E-state index contributed by atoms with van der Waals surface area (Å²) in [5, 5.41) is 1.19. The van der Waals surface area contributed by atoms with E-state index in [1.807, 2.05) is 61.2 Å². The van der Waals surface area contributed by atoms with E-state index < -0.39 is 0 Å². The first kappa shape index (κ1) is 24.1. The van der Waals surface area contributed by atoms with Crippen LogP contribution in [0.3, 0.4) is 0 Å². The van der Waals surface area contributed by atoms with Gasteiger partial charge in [0, 0.05) is 49.1 Å². The highest BCUT2D eigenvalue weighted by atomic mass is 16.5. The second-order valence-corrected chi connectivity index (χ2v) is 9.69. The number of aromatic nitrogens is 1. The predicted molar refractivity (Wildman–Crippen MR) is 144 cm³/mol. The van der Waals surface area contributed by atoms with E-state index in [0.717, 1.165) is 23.6 Å². The Kier molecular flexibility index (Phi) is 7.10. The standard InChI is InChI=1S/C31H34N2O3/c1-4-32-21-29(27-15-8-9-16-30(27)32)28(18-31(34)33-19-22(2)35-23(3)20-33)24-11-10-14-26(17-24)36-25-12-6-5-7-13-25/h5-17,21-23,28H,4,18-20H2,1-3H3. The molecule has 1 fully saturated rings. The summed E-state index contributed by atoms with van der Waals surface area (Å²) in [5.74, 6) is 1.62. The van der Waals surface area contributed by atoms with Crippen molar-refractivity contribution in [1.29, 1.82) is 0 Å². The average molecular weight is 483 g/mol. The fourth-order valence-corrected chi connectivity index (χ4v) is 5.33. The molecule has 0 saturated carbocycles. The van der Waals surface area contributed by atoms with Crippen molar-refractivity contribution < 1.29 is 14.3 Å². The lowest BCUT2D eigenvalue weighted by Crippen LogP contribution is -2.48. The lowest BCUT2D eigenvalue weighted by Gasteiger charge is -2.36. The molecular formula is C31H34N2O3. The highest BCUT2D eigenvalue weighted by molar-refractivity contribution is 5.86. The van der Waals surface area contributed by atoms with E-state index in [2.05, 4.69) is 54.1 Å². The lowest BCUT2D eigenvalue weighted by atomic mass is 9.87. The van der Waals surface area contributed by atoms with Crippen molar-refractivity contribution in [1.82, 2.24) is 9.47 Å². The van der Waals surface area contributed by atoms with Crippen molar-refractivity contribution in [3.8, 4) is 11.5 Å². The van der Waals surface area contributed by atoms with Gasteiger partial charge in [-0.2, -0.15) is 0 Å². The summed E-state index contributed by atoms with van der Waals surface area (Å²) >= 11 is 0. The van der Waals surface area contributed by atoms with Crippen LogP contribution in [-0.4, -0.2) is 40.7 Å². The summed E-state index contributed by atoms with van der Waals surface area (Å²) in [6, 6.07) is 26.4. The van der Waals surface area contributed by atoms with Crippen molar-refractivity contribution in [2.75, 3.05) is 13.1 Å². The summed E-state index contributed by atoms with van der Waals surface area (Å²) in [6.45, 7) is 8.35. The van der Waals surface area contributed by atoms with Crippen molar-refractivity contribution in [3.05, 3.63) is 96.2 Å². The molecule has 2 heterocycles. The Morgan fingerprint density at radius 1 is 0.944 bits per heavy atom. The third kappa shape index (κ3) is 5.17. The van der Waals surface area contributed by atoms with Crippen LogP contribution in [0.15, 0.2) is 85.1 Å². The highest BCUT2D eigenvalue weighted by Crippen LogP contribution is 2.37. The zero-order valence-corrected chi connectivity index (χ0v) is 21.3. The van der Waals surface area contributed by atoms with E-state index in [9.17, 15) is 4.79 Å². The molecule has 36 heavy (non-hydrogen) atoms. The van der Waals surface area contributed by atoms with E-state index >= 15 is 0 Å². The number of para-hydroxylation sites is 2. The van der Waals surface area contributed by atoms with E-state index in [-0.39, 0.29) is 24.0 Å². The quantitative estimate of drug-likeness (QED) is 0.298. The van der Waals surface area contributed by atoms with Gasteiger partial charge < -0.3 is 18.9 Å². The Bertz CT molecular complexity index is 1320. The number of carbonyl (C=O) groups is 1. The number of hydrogen-bond acceptors (Lipinski definition) is 3. The third-order valence-electron chi connectivity index (χ3n) is 6.93. The molecule has 186 valence electrons. The van der Waals surface area contributed by atoms with Gasteiger partial charge in [0.2, 0.25) is 5.91 Å². The number of benzene rings is 3. The smallest absolute Gasteiger partial charge is 0.223 e. The van der Waals surface area contributed by atoms with Gasteiger partial charge in [-0.05, 0) is 62.2 Å². The van der Waals surface area contributed by atoms with Gasteiger partial charge in [0.1, 0.15) is 11.5 Å². The molecule has 3 aromatic carbocycles. The van der Waals surface area contributed by atoms with Crippen molar-refractivity contribution in [3.63, 3.8) is 0 Å². The van der Waals surface area contributed by atoms with Gasteiger partial charge in [0.05, 0.1) is 12.2 Å². The monoisotopic (exact) mass is 482 g/mol. The molecule has 1 aromatic heterocycles. The largest absolute Gasteiger partial charge is 0.457 e. The number of carbonyl (C=O) groups excluding carboxylic acids is 1. The maximum atomic E-state index is 13.7. The Hall–Kier alpha value is -3.57. The molecule has 1 amide bonds. The van der Waals surface area contributed by atoms with Crippen LogP contribution in [0.1, 0.15) is 44.2 Å². The Morgan fingerprint density at radius 3 is 2.39 bits per heavy atom. The zero-order valence-electron chi connectivity index (χ0n) is 21.3. The van der Waals surface area contributed by atoms with E-state index in [1.54, 1.807) is 0 Å². The van der Waals surface area contributed by atoms with E-state index in [1.165, 1.54) is 16.5 Å². The number of ether oxygens (including phenoxy) is 2. The summed E-state index contributed by atoms with van der Waals surface area (Å²) in [4.78, 5) is 15.6. The summed E-state index contributed by atoms with van der Waals surface area (Å²) in [5.41, 5.74) is 3.44. The maximum Gasteiger partial charge on any atom is 0.223 e. The van der Waals surface area contributed by atoms with Gasteiger partial charge in [-0.3, -0.25) is 4.79 Å². The number of amides is 1. The molecule has 0 radical (unpaired) electrons. The number of fused-ring (bicyclic) bond motifs is 1. The summed E-state index contributed by atoms with van der Waals surface area (Å²) in [6.07, 6.45) is 2.70. The predicted octanol–water partition coefficient (Wildman–Crippen LogP) is 6.61. The van der Waals surface area contributed by atoms with Crippen LogP contribution in [0.2, 0.25) is 0 Å². The van der Waals surface area contributed by atoms with Crippen LogP contribution >= 0.6 is 0 Å². The molecule has 1 aliphatic rings. The first-order valence-corrected chi connectivity index (χ1v) is 12.9. The maximum absolute atomic E-state index is 13.7. The molecule has 1 saturated heterocycles. The molecule has 0 bridgehead atoms. The molecule has 1 aliphatic heterocycles. The van der Waals surface area contributed by atoms with Gasteiger partial charge in [0.25, 0.3) is 0 Å². The van der Waals surface area contributed by atoms with Gasteiger partial charge in [0.15, 0.2) is 0 Å². The Labute approximate surface area is 213 Å². The SMILES string of the molecule is CCn1cc(C(CC(=O)N2CC(C)OC(C)C2)c2cccc(Oc3ccccc3)c2)c2ccccc21. The van der Waals surface area contributed by atoms with Crippen molar-refractivity contribution in [2.24, 2.45) is 0 Å².